The molecular formula is C9H9BrN2O3. The number of nitro groups is 1. The smallest absolute Gasteiger partial charge is 0.297 e. The molecule has 1 aromatic rings. The first-order valence-electron chi connectivity index (χ1n) is 4.48. The molecule has 0 spiro atoms. The lowest BCUT2D eigenvalue weighted by molar-refractivity contribution is -0.384. The summed E-state index contributed by atoms with van der Waals surface area (Å²) in [4.78, 5) is 10.2. The van der Waals surface area contributed by atoms with Crippen LogP contribution in [-0.2, 0) is 0 Å². The fraction of sp³-hybridized carbons (Fsp3) is 0.333. The SMILES string of the molecule is Nc1c(OC2CC2)cc(Br)cc1[N+](=O)[O-]. The molecule has 6 heteroatoms. The van der Waals surface area contributed by atoms with E-state index in [1.165, 1.54) is 6.07 Å². The maximum atomic E-state index is 10.7. The van der Waals surface area contributed by atoms with Crippen LogP contribution in [0, 0.1) is 10.1 Å². The summed E-state index contributed by atoms with van der Waals surface area (Å²) < 4.78 is 6.06. The Balaban J connectivity index is 2.39. The van der Waals surface area contributed by atoms with Gasteiger partial charge in [-0.3, -0.25) is 10.1 Å². The maximum absolute atomic E-state index is 10.7. The summed E-state index contributed by atoms with van der Waals surface area (Å²) >= 11 is 3.19. The monoisotopic (exact) mass is 272 g/mol. The van der Waals surface area contributed by atoms with Gasteiger partial charge in [0.25, 0.3) is 5.69 Å². The van der Waals surface area contributed by atoms with Gasteiger partial charge >= 0.3 is 0 Å². The number of nitrogens with zero attached hydrogens (tertiary/aromatic N) is 1. The fourth-order valence-corrected chi connectivity index (χ4v) is 1.62. The van der Waals surface area contributed by atoms with Crippen molar-refractivity contribution in [2.45, 2.75) is 18.9 Å². The highest BCUT2D eigenvalue weighted by atomic mass is 79.9. The molecule has 0 heterocycles. The van der Waals surface area contributed by atoms with Gasteiger partial charge in [0.1, 0.15) is 0 Å². The standard InChI is InChI=1S/C9H9BrN2O3/c10-5-3-7(12(13)14)9(11)8(4-5)15-6-1-2-6/h3-4,6H,1-2,11H2. The molecule has 2 N–H and O–H groups in total. The molecule has 1 aliphatic rings. The van der Waals surface area contributed by atoms with Crippen molar-refractivity contribution >= 4 is 27.3 Å². The van der Waals surface area contributed by atoms with Gasteiger partial charge in [-0.05, 0) is 18.9 Å². The molecule has 0 bridgehead atoms. The van der Waals surface area contributed by atoms with Gasteiger partial charge in [-0.2, -0.15) is 0 Å². The Morgan fingerprint density at radius 1 is 1.53 bits per heavy atom. The zero-order valence-electron chi connectivity index (χ0n) is 7.77. The Kier molecular flexibility index (Phi) is 2.52. The van der Waals surface area contributed by atoms with Crippen LogP contribution in [0.3, 0.4) is 0 Å². The molecular weight excluding hydrogens is 264 g/mol. The zero-order valence-corrected chi connectivity index (χ0v) is 9.36. The lowest BCUT2D eigenvalue weighted by Crippen LogP contribution is -2.03. The van der Waals surface area contributed by atoms with Crippen molar-refractivity contribution < 1.29 is 9.66 Å². The first-order valence-corrected chi connectivity index (χ1v) is 5.27. The van der Waals surface area contributed by atoms with Crippen molar-refractivity contribution in [3.63, 3.8) is 0 Å². The highest BCUT2D eigenvalue weighted by molar-refractivity contribution is 9.10. The van der Waals surface area contributed by atoms with Gasteiger partial charge in [0, 0.05) is 10.5 Å². The Morgan fingerprint density at radius 2 is 2.20 bits per heavy atom. The normalized spacial score (nSPS) is 15.0. The largest absolute Gasteiger partial charge is 0.488 e. The molecule has 1 aliphatic carbocycles. The van der Waals surface area contributed by atoms with E-state index in [0.717, 1.165) is 12.8 Å². The Bertz CT molecular complexity index is 418. The van der Waals surface area contributed by atoms with Crippen LogP contribution in [0.25, 0.3) is 0 Å². The van der Waals surface area contributed by atoms with E-state index in [2.05, 4.69) is 15.9 Å². The molecule has 1 saturated carbocycles. The van der Waals surface area contributed by atoms with Crippen molar-refractivity contribution in [3.05, 3.63) is 26.7 Å². The number of hydrogen-bond acceptors (Lipinski definition) is 4. The number of rotatable bonds is 3. The van der Waals surface area contributed by atoms with Gasteiger partial charge in [-0.1, -0.05) is 15.9 Å². The Labute approximate surface area is 94.5 Å². The summed E-state index contributed by atoms with van der Waals surface area (Å²) in [5, 5.41) is 10.7. The van der Waals surface area contributed by atoms with E-state index in [1.54, 1.807) is 6.07 Å². The topological polar surface area (TPSA) is 78.4 Å². The third-order valence-electron chi connectivity index (χ3n) is 2.10. The number of nitrogens with two attached hydrogens (primary N) is 1. The van der Waals surface area contributed by atoms with Gasteiger partial charge in [0.15, 0.2) is 11.4 Å². The molecule has 1 aromatic carbocycles. The summed E-state index contributed by atoms with van der Waals surface area (Å²) in [6.07, 6.45) is 2.14. The van der Waals surface area contributed by atoms with E-state index in [-0.39, 0.29) is 17.5 Å². The van der Waals surface area contributed by atoms with Crippen LogP contribution >= 0.6 is 15.9 Å². The number of nitrogen functional groups attached to an aromatic ring is 1. The van der Waals surface area contributed by atoms with E-state index >= 15 is 0 Å². The molecule has 0 radical (unpaired) electrons. The van der Waals surface area contributed by atoms with E-state index in [9.17, 15) is 10.1 Å². The highest BCUT2D eigenvalue weighted by Gasteiger charge is 2.26. The van der Waals surface area contributed by atoms with E-state index in [4.69, 9.17) is 10.5 Å². The zero-order chi connectivity index (χ0) is 11.0. The lowest BCUT2D eigenvalue weighted by atomic mass is 10.2. The summed E-state index contributed by atoms with van der Waals surface area (Å²) in [7, 11) is 0. The average molecular weight is 273 g/mol. The predicted molar refractivity (Wildman–Crippen MR) is 58.9 cm³/mol. The average Bonchev–Trinajstić information content (AvgIpc) is 2.94. The fourth-order valence-electron chi connectivity index (χ4n) is 1.19. The second-order valence-corrected chi connectivity index (χ2v) is 4.33. The van der Waals surface area contributed by atoms with Crippen molar-refractivity contribution in [2.75, 3.05) is 5.73 Å². The van der Waals surface area contributed by atoms with Crippen LogP contribution in [0.5, 0.6) is 5.75 Å². The minimum absolute atomic E-state index is 0.0927. The van der Waals surface area contributed by atoms with Crippen LogP contribution in [0.4, 0.5) is 11.4 Å². The summed E-state index contributed by atoms with van der Waals surface area (Å²) in [6.45, 7) is 0. The van der Waals surface area contributed by atoms with E-state index < -0.39 is 4.92 Å². The summed E-state index contributed by atoms with van der Waals surface area (Å²) in [5.41, 5.74) is 5.61. The third-order valence-corrected chi connectivity index (χ3v) is 2.56. The molecule has 0 amide bonds. The van der Waals surface area contributed by atoms with Gasteiger partial charge in [0.05, 0.1) is 11.0 Å². The Hall–Kier alpha value is -1.30. The van der Waals surface area contributed by atoms with Gasteiger partial charge < -0.3 is 10.5 Å². The van der Waals surface area contributed by atoms with Crippen molar-refractivity contribution in [2.24, 2.45) is 0 Å². The molecule has 0 atom stereocenters. The molecule has 80 valence electrons. The predicted octanol–water partition coefficient (Wildman–Crippen LogP) is 2.48. The lowest BCUT2D eigenvalue weighted by Gasteiger charge is -2.08. The number of halogens is 1. The van der Waals surface area contributed by atoms with Crippen molar-refractivity contribution in [3.8, 4) is 5.75 Å². The first-order chi connectivity index (χ1) is 7.08. The molecule has 0 aromatic heterocycles. The molecule has 1 fully saturated rings. The van der Waals surface area contributed by atoms with Crippen LogP contribution in [0.2, 0.25) is 0 Å². The van der Waals surface area contributed by atoms with Crippen molar-refractivity contribution in [1.29, 1.82) is 0 Å². The number of anilines is 1. The highest BCUT2D eigenvalue weighted by Crippen LogP contribution is 2.38. The molecule has 0 unspecified atom stereocenters. The van der Waals surface area contributed by atoms with Crippen molar-refractivity contribution in [1.82, 2.24) is 0 Å². The summed E-state index contributed by atoms with van der Waals surface area (Å²) in [5.74, 6) is 0.388. The number of ether oxygens (including phenoxy) is 1. The minimum Gasteiger partial charge on any atom is -0.488 e. The molecule has 5 nitrogen and oxygen atoms in total. The van der Waals surface area contributed by atoms with Gasteiger partial charge in [0.2, 0.25) is 0 Å². The van der Waals surface area contributed by atoms with E-state index in [0.29, 0.717) is 10.2 Å². The quantitative estimate of drug-likeness (QED) is 0.521. The molecule has 0 aliphatic heterocycles. The maximum Gasteiger partial charge on any atom is 0.297 e. The third kappa shape index (κ3) is 2.20. The second kappa shape index (κ2) is 3.69. The molecule has 2 rings (SSSR count). The number of hydrogen-bond donors (Lipinski definition) is 1. The van der Waals surface area contributed by atoms with Gasteiger partial charge in [-0.25, -0.2) is 0 Å². The second-order valence-electron chi connectivity index (χ2n) is 3.41. The number of benzene rings is 1. The van der Waals surface area contributed by atoms with Gasteiger partial charge in [-0.15, -0.1) is 0 Å². The molecule has 15 heavy (non-hydrogen) atoms. The van der Waals surface area contributed by atoms with Crippen LogP contribution < -0.4 is 10.5 Å². The van der Waals surface area contributed by atoms with Crippen LogP contribution in [0.15, 0.2) is 16.6 Å². The van der Waals surface area contributed by atoms with Crippen LogP contribution in [0.1, 0.15) is 12.8 Å². The van der Waals surface area contributed by atoms with Crippen LogP contribution in [-0.4, -0.2) is 11.0 Å². The first kappa shape index (κ1) is 10.2. The van der Waals surface area contributed by atoms with E-state index in [1.807, 2.05) is 0 Å². The minimum atomic E-state index is -0.514. The summed E-state index contributed by atoms with van der Waals surface area (Å²) in [6, 6.07) is 3.02. The number of nitro benzene ring substituents is 1. The molecule has 0 saturated heterocycles. The Morgan fingerprint density at radius 3 is 2.73 bits per heavy atom.